The second-order valence-electron chi connectivity index (χ2n) is 7.60. The third-order valence-corrected chi connectivity index (χ3v) is 5.42. The smallest absolute Gasteiger partial charge is 0.333 e. The van der Waals surface area contributed by atoms with Gasteiger partial charge in [-0.3, -0.25) is 9.78 Å². The number of rotatable bonds is 0. The Morgan fingerprint density at radius 3 is 2.85 bits per heavy atom. The molecule has 0 atom stereocenters. The molecule has 0 saturated heterocycles. The second kappa shape index (κ2) is 5.42. The molecule has 5 heterocycles. The van der Waals surface area contributed by atoms with Crippen LogP contribution in [0, 0.1) is 0 Å². The second-order valence-corrected chi connectivity index (χ2v) is 7.60. The summed E-state index contributed by atoms with van der Waals surface area (Å²) >= 11 is 0. The molecule has 0 fully saturated rings. The molecule has 8 heteroatoms. The van der Waals surface area contributed by atoms with Gasteiger partial charge in [0.1, 0.15) is 17.3 Å². The quantitative estimate of drug-likeness (QED) is 0.633. The zero-order chi connectivity index (χ0) is 18.8. The minimum atomic E-state index is -0.545. The number of amides is 1. The zero-order valence-corrected chi connectivity index (χ0v) is 15.2. The molecule has 138 valence electrons. The van der Waals surface area contributed by atoms with Crippen molar-refractivity contribution in [3.05, 3.63) is 46.0 Å². The Bertz CT molecular complexity index is 1140. The maximum Gasteiger partial charge on any atom is 0.333 e. The van der Waals surface area contributed by atoms with Crippen molar-refractivity contribution in [2.24, 2.45) is 0 Å². The van der Waals surface area contributed by atoms with Crippen LogP contribution in [0.3, 0.4) is 0 Å². The van der Waals surface area contributed by atoms with Gasteiger partial charge in [0.05, 0.1) is 11.1 Å². The average molecular weight is 364 g/mol. The van der Waals surface area contributed by atoms with Gasteiger partial charge in [-0.25, -0.2) is 19.3 Å². The third-order valence-electron chi connectivity index (χ3n) is 5.42. The number of carbonyl (C=O) groups is 1. The number of H-pyrrole nitrogens is 1. The van der Waals surface area contributed by atoms with E-state index >= 15 is 0 Å². The number of hydrogen-bond acceptors (Lipinski definition) is 5. The summed E-state index contributed by atoms with van der Waals surface area (Å²) in [5.41, 5.74) is 2.11. The van der Waals surface area contributed by atoms with Gasteiger partial charge >= 0.3 is 5.69 Å². The van der Waals surface area contributed by atoms with Crippen LogP contribution in [-0.2, 0) is 6.42 Å². The van der Waals surface area contributed by atoms with Crippen LogP contribution in [-0.4, -0.2) is 37.6 Å². The number of anilines is 1. The summed E-state index contributed by atoms with van der Waals surface area (Å²) in [5.74, 6) is 0.972. The van der Waals surface area contributed by atoms with Gasteiger partial charge < -0.3 is 10.2 Å². The first-order valence-electron chi connectivity index (χ1n) is 9.16. The molecule has 0 aromatic carbocycles. The Labute approximate surface area is 155 Å². The molecule has 3 aromatic rings. The highest BCUT2D eigenvalue weighted by Crippen LogP contribution is 2.32. The van der Waals surface area contributed by atoms with Gasteiger partial charge in [-0.1, -0.05) is 0 Å². The molecule has 0 aliphatic carbocycles. The first-order valence-corrected chi connectivity index (χ1v) is 9.16. The van der Waals surface area contributed by atoms with Gasteiger partial charge in [-0.15, -0.1) is 0 Å². The number of aryl methyl sites for hydroxylation is 1. The van der Waals surface area contributed by atoms with Crippen LogP contribution < -0.4 is 15.9 Å². The Balaban J connectivity index is 1.84. The highest BCUT2D eigenvalue weighted by Gasteiger charge is 2.37. The summed E-state index contributed by atoms with van der Waals surface area (Å²) in [4.78, 5) is 39.2. The SMILES string of the molecule is CC1(C)NC(=O)c2ccc3nc2N1CCCCc1ccnc2[nH]c(=O)n-3c12. The molecule has 3 aromatic heterocycles. The van der Waals surface area contributed by atoms with Gasteiger partial charge in [0.25, 0.3) is 5.91 Å². The molecule has 1 amide bonds. The Morgan fingerprint density at radius 2 is 2.00 bits per heavy atom. The molecule has 27 heavy (non-hydrogen) atoms. The van der Waals surface area contributed by atoms with E-state index in [-0.39, 0.29) is 11.6 Å². The molecular formula is C19H20N6O2. The highest BCUT2D eigenvalue weighted by atomic mass is 16.2. The van der Waals surface area contributed by atoms with E-state index in [1.807, 2.05) is 19.9 Å². The standard InChI is InChI=1S/C19H20N6O2/c1-19(2)23-17(26)12-6-7-13-21-16(12)24(19)10-4-3-5-11-8-9-20-15-14(11)25(13)18(27)22-15/h6-9H,3-5,10H2,1-2H3,(H,23,26)(H,20,22,27). The fourth-order valence-electron chi connectivity index (χ4n) is 4.11. The molecule has 5 rings (SSSR count). The maximum absolute atomic E-state index is 12.7. The van der Waals surface area contributed by atoms with Crippen molar-refractivity contribution in [3.8, 4) is 5.82 Å². The van der Waals surface area contributed by atoms with Crippen molar-refractivity contribution >= 4 is 22.9 Å². The van der Waals surface area contributed by atoms with Gasteiger partial charge in [-0.05, 0) is 56.9 Å². The molecule has 2 aliphatic rings. The number of nitrogens with zero attached hydrogens (tertiary/aromatic N) is 4. The molecule has 2 bridgehead atoms. The monoisotopic (exact) mass is 364 g/mol. The molecule has 0 saturated carbocycles. The summed E-state index contributed by atoms with van der Waals surface area (Å²) in [7, 11) is 0. The Hall–Kier alpha value is -3.16. The van der Waals surface area contributed by atoms with Gasteiger partial charge in [0.15, 0.2) is 5.65 Å². The van der Waals surface area contributed by atoms with Crippen LogP contribution in [0.5, 0.6) is 0 Å². The van der Waals surface area contributed by atoms with Crippen molar-refractivity contribution in [1.29, 1.82) is 0 Å². The number of pyridine rings is 2. The minimum absolute atomic E-state index is 0.145. The Morgan fingerprint density at radius 1 is 1.15 bits per heavy atom. The number of imidazole rings is 1. The van der Waals surface area contributed by atoms with Crippen molar-refractivity contribution in [2.45, 2.75) is 38.8 Å². The first-order chi connectivity index (χ1) is 13.0. The van der Waals surface area contributed by atoms with Gasteiger partial charge in [-0.2, -0.15) is 0 Å². The third kappa shape index (κ3) is 2.29. The summed E-state index contributed by atoms with van der Waals surface area (Å²) in [6.07, 6.45) is 4.49. The fraction of sp³-hybridized carbons (Fsp3) is 0.368. The van der Waals surface area contributed by atoms with E-state index in [9.17, 15) is 9.59 Å². The first kappa shape index (κ1) is 16.0. The lowest BCUT2D eigenvalue weighted by Crippen LogP contribution is -2.61. The van der Waals surface area contributed by atoms with Crippen molar-refractivity contribution in [1.82, 2.24) is 24.8 Å². The van der Waals surface area contributed by atoms with E-state index < -0.39 is 5.66 Å². The Kier molecular flexibility index (Phi) is 3.22. The van der Waals surface area contributed by atoms with E-state index in [0.29, 0.717) is 22.8 Å². The van der Waals surface area contributed by atoms with Gasteiger partial charge in [0.2, 0.25) is 0 Å². The lowest BCUT2D eigenvalue weighted by atomic mass is 10.0. The summed E-state index contributed by atoms with van der Waals surface area (Å²) in [6, 6.07) is 5.43. The van der Waals surface area contributed by atoms with Crippen LogP contribution in [0.1, 0.15) is 42.6 Å². The molecule has 8 nitrogen and oxygen atoms in total. The number of fused-ring (bicyclic) bond motifs is 2. The molecule has 0 radical (unpaired) electrons. The molecule has 2 aliphatic heterocycles. The maximum atomic E-state index is 12.7. The lowest BCUT2D eigenvalue weighted by Gasteiger charge is -2.44. The summed E-state index contributed by atoms with van der Waals surface area (Å²) in [5, 5.41) is 3.05. The average Bonchev–Trinajstić information content (AvgIpc) is 2.94. The lowest BCUT2D eigenvalue weighted by molar-refractivity contribution is 0.0896. The van der Waals surface area contributed by atoms with Crippen LogP contribution in [0.4, 0.5) is 5.82 Å². The van der Waals surface area contributed by atoms with E-state index in [4.69, 9.17) is 4.98 Å². The number of hydrogen-bond donors (Lipinski definition) is 2. The topological polar surface area (TPSA) is 95.9 Å². The summed E-state index contributed by atoms with van der Waals surface area (Å²) in [6.45, 7) is 4.72. The van der Waals surface area contributed by atoms with E-state index in [1.165, 1.54) is 0 Å². The van der Waals surface area contributed by atoms with Crippen LogP contribution in [0.15, 0.2) is 29.2 Å². The predicted octanol–water partition coefficient (Wildman–Crippen LogP) is 1.73. The zero-order valence-electron chi connectivity index (χ0n) is 15.2. The van der Waals surface area contributed by atoms with Crippen molar-refractivity contribution in [3.63, 3.8) is 0 Å². The molecule has 0 unspecified atom stereocenters. The number of aromatic amines is 1. The largest absolute Gasteiger partial charge is 0.333 e. The van der Waals surface area contributed by atoms with Crippen LogP contribution in [0.2, 0.25) is 0 Å². The number of nitrogens with one attached hydrogen (secondary N) is 2. The van der Waals surface area contributed by atoms with E-state index in [1.54, 1.807) is 22.9 Å². The van der Waals surface area contributed by atoms with Crippen molar-refractivity contribution in [2.75, 3.05) is 11.4 Å². The molecular weight excluding hydrogens is 344 g/mol. The number of aromatic nitrogens is 4. The molecule has 2 N–H and O–H groups in total. The van der Waals surface area contributed by atoms with Gasteiger partial charge in [0, 0.05) is 12.7 Å². The van der Waals surface area contributed by atoms with Crippen LogP contribution in [0.25, 0.3) is 17.0 Å². The summed E-state index contributed by atoms with van der Waals surface area (Å²) < 4.78 is 1.57. The minimum Gasteiger partial charge on any atom is -0.333 e. The fourth-order valence-corrected chi connectivity index (χ4v) is 4.11. The van der Waals surface area contributed by atoms with E-state index in [0.717, 1.165) is 36.9 Å². The van der Waals surface area contributed by atoms with E-state index in [2.05, 4.69) is 20.2 Å². The highest BCUT2D eigenvalue weighted by molar-refractivity contribution is 6.01. The predicted molar refractivity (Wildman–Crippen MR) is 101 cm³/mol. The molecule has 0 spiro atoms. The van der Waals surface area contributed by atoms with Crippen LogP contribution >= 0.6 is 0 Å². The normalized spacial score (nSPS) is 18.1. The number of carbonyl (C=O) groups excluding carboxylic acids is 1. The van der Waals surface area contributed by atoms with Crippen molar-refractivity contribution < 1.29 is 4.79 Å².